The maximum absolute atomic E-state index is 12.7. The lowest BCUT2D eigenvalue weighted by molar-refractivity contribution is 0.0522. The highest BCUT2D eigenvalue weighted by molar-refractivity contribution is 7.99. The Morgan fingerprint density at radius 1 is 1.07 bits per heavy atom. The standard InChI is InChI=1S/C21H29N3O3S/c1-6-15-12-11-13-16(7-2)18(15)28-19-17(20(25)27-10-5)14-24(22-19)21(26)23(8-3)9-4/h11-14H,6-10H2,1-5H3. The van der Waals surface area contributed by atoms with Crippen LogP contribution < -0.4 is 0 Å². The number of esters is 1. The van der Waals surface area contributed by atoms with Gasteiger partial charge in [-0.2, -0.15) is 9.78 Å². The van der Waals surface area contributed by atoms with E-state index in [1.165, 1.54) is 33.8 Å². The van der Waals surface area contributed by atoms with E-state index >= 15 is 0 Å². The van der Waals surface area contributed by atoms with Gasteiger partial charge >= 0.3 is 12.0 Å². The van der Waals surface area contributed by atoms with E-state index in [-0.39, 0.29) is 12.6 Å². The Bertz CT molecular complexity index is 806. The molecule has 0 saturated heterocycles. The average Bonchev–Trinajstić information content (AvgIpc) is 3.13. The fourth-order valence-electron chi connectivity index (χ4n) is 2.94. The lowest BCUT2D eigenvalue weighted by Crippen LogP contribution is -2.34. The molecular weight excluding hydrogens is 374 g/mol. The molecule has 152 valence electrons. The Hall–Kier alpha value is -2.28. The zero-order valence-corrected chi connectivity index (χ0v) is 18.1. The first-order chi connectivity index (χ1) is 13.5. The van der Waals surface area contributed by atoms with Crippen LogP contribution in [0, 0.1) is 0 Å². The molecule has 0 aliphatic heterocycles. The van der Waals surface area contributed by atoms with Crippen LogP contribution in [-0.4, -0.2) is 46.4 Å². The summed E-state index contributed by atoms with van der Waals surface area (Å²) in [5, 5.41) is 4.96. The van der Waals surface area contributed by atoms with E-state index in [9.17, 15) is 9.59 Å². The Kier molecular flexibility index (Phi) is 8.11. The molecule has 0 atom stereocenters. The van der Waals surface area contributed by atoms with Crippen LogP contribution in [0.15, 0.2) is 34.3 Å². The van der Waals surface area contributed by atoms with Crippen LogP contribution in [0.3, 0.4) is 0 Å². The topological polar surface area (TPSA) is 64.4 Å². The minimum atomic E-state index is -0.462. The van der Waals surface area contributed by atoms with Gasteiger partial charge in [0.1, 0.15) is 10.6 Å². The quantitative estimate of drug-likeness (QED) is 0.601. The number of aryl methyl sites for hydroxylation is 2. The third kappa shape index (κ3) is 4.76. The SMILES string of the molecule is CCOC(=O)c1cn(C(=O)N(CC)CC)nc1Sc1c(CC)cccc1CC. The molecule has 1 aromatic heterocycles. The van der Waals surface area contributed by atoms with Crippen molar-refractivity contribution >= 4 is 23.8 Å². The number of hydrogen-bond acceptors (Lipinski definition) is 5. The summed E-state index contributed by atoms with van der Waals surface area (Å²) in [6.45, 7) is 11.2. The summed E-state index contributed by atoms with van der Waals surface area (Å²) in [4.78, 5) is 28.0. The third-order valence-corrected chi connectivity index (χ3v) is 5.77. The van der Waals surface area contributed by atoms with Gasteiger partial charge in [-0.25, -0.2) is 9.59 Å². The van der Waals surface area contributed by atoms with Gasteiger partial charge in [0.05, 0.1) is 12.8 Å². The van der Waals surface area contributed by atoms with Crippen LogP contribution in [-0.2, 0) is 17.6 Å². The molecule has 7 heteroatoms. The summed E-state index contributed by atoms with van der Waals surface area (Å²) >= 11 is 1.43. The van der Waals surface area contributed by atoms with E-state index in [2.05, 4.69) is 37.1 Å². The van der Waals surface area contributed by atoms with E-state index in [0.717, 1.165) is 17.7 Å². The van der Waals surface area contributed by atoms with Gasteiger partial charge < -0.3 is 9.64 Å². The lowest BCUT2D eigenvalue weighted by Gasteiger charge is -2.17. The van der Waals surface area contributed by atoms with Crippen molar-refractivity contribution in [2.75, 3.05) is 19.7 Å². The largest absolute Gasteiger partial charge is 0.462 e. The second-order valence-electron chi connectivity index (χ2n) is 6.18. The van der Waals surface area contributed by atoms with E-state index in [1.54, 1.807) is 11.8 Å². The Labute approximate surface area is 171 Å². The van der Waals surface area contributed by atoms with Gasteiger partial charge in [0.2, 0.25) is 0 Å². The summed E-state index contributed by atoms with van der Waals surface area (Å²) in [5.74, 6) is -0.462. The maximum Gasteiger partial charge on any atom is 0.344 e. The molecule has 1 heterocycles. The number of carbonyl (C=O) groups excluding carboxylic acids is 2. The zero-order chi connectivity index (χ0) is 20.7. The smallest absolute Gasteiger partial charge is 0.344 e. The van der Waals surface area contributed by atoms with Gasteiger partial charge in [-0.1, -0.05) is 43.8 Å². The number of carbonyl (C=O) groups is 2. The number of ether oxygens (including phenoxy) is 1. The molecule has 0 fully saturated rings. The Morgan fingerprint density at radius 2 is 1.68 bits per heavy atom. The van der Waals surface area contributed by atoms with E-state index in [1.807, 2.05) is 13.8 Å². The third-order valence-electron chi connectivity index (χ3n) is 4.54. The molecule has 1 amide bonds. The first-order valence-electron chi connectivity index (χ1n) is 9.85. The second-order valence-corrected chi connectivity index (χ2v) is 7.18. The molecular formula is C21H29N3O3S. The van der Waals surface area contributed by atoms with Crippen molar-refractivity contribution in [3.05, 3.63) is 41.1 Å². The monoisotopic (exact) mass is 403 g/mol. The number of amides is 1. The average molecular weight is 404 g/mol. The van der Waals surface area contributed by atoms with Gasteiger partial charge in [-0.05, 0) is 44.7 Å². The number of nitrogens with zero attached hydrogens (tertiary/aromatic N) is 3. The molecule has 0 aliphatic carbocycles. The van der Waals surface area contributed by atoms with Crippen LogP contribution in [0.25, 0.3) is 0 Å². The predicted molar refractivity (Wildman–Crippen MR) is 111 cm³/mol. The Balaban J connectivity index is 2.51. The van der Waals surface area contributed by atoms with Crippen molar-refractivity contribution in [1.82, 2.24) is 14.7 Å². The van der Waals surface area contributed by atoms with Gasteiger partial charge in [0, 0.05) is 18.0 Å². The molecule has 0 unspecified atom stereocenters. The van der Waals surface area contributed by atoms with Crippen molar-refractivity contribution in [3.8, 4) is 0 Å². The highest BCUT2D eigenvalue weighted by Gasteiger charge is 2.24. The Morgan fingerprint density at radius 3 is 2.18 bits per heavy atom. The van der Waals surface area contributed by atoms with E-state index in [4.69, 9.17) is 4.74 Å². The minimum absolute atomic E-state index is 0.248. The van der Waals surface area contributed by atoms with Crippen molar-refractivity contribution in [2.45, 2.75) is 57.4 Å². The fourth-order valence-corrected chi connectivity index (χ4v) is 4.20. The highest BCUT2D eigenvalue weighted by atomic mass is 32.2. The molecule has 0 radical (unpaired) electrons. The lowest BCUT2D eigenvalue weighted by atomic mass is 10.1. The molecule has 0 spiro atoms. The summed E-state index contributed by atoms with van der Waals surface area (Å²) in [6.07, 6.45) is 3.25. The first kappa shape index (κ1) is 22.0. The predicted octanol–water partition coefficient (Wildman–Crippen LogP) is 4.65. The normalized spacial score (nSPS) is 10.8. The van der Waals surface area contributed by atoms with Crippen molar-refractivity contribution < 1.29 is 14.3 Å². The molecule has 6 nitrogen and oxygen atoms in total. The molecule has 2 aromatic rings. The van der Waals surface area contributed by atoms with Gasteiger partial charge in [-0.3, -0.25) is 0 Å². The first-order valence-corrected chi connectivity index (χ1v) is 10.7. The summed E-state index contributed by atoms with van der Waals surface area (Å²) < 4.78 is 6.45. The molecule has 2 rings (SSSR count). The maximum atomic E-state index is 12.7. The molecule has 28 heavy (non-hydrogen) atoms. The summed E-state index contributed by atoms with van der Waals surface area (Å²) in [6, 6.07) is 5.98. The van der Waals surface area contributed by atoms with Gasteiger partial charge in [0.15, 0.2) is 0 Å². The fraction of sp³-hybridized carbons (Fsp3) is 0.476. The molecule has 0 N–H and O–H groups in total. The number of hydrogen-bond donors (Lipinski definition) is 0. The van der Waals surface area contributed by atoms with E-state index < -0.39 is 5.97 Å². The zero-order valence-electron chi connectivity index (χ0n) is 17.3. The van der Waals surface area contributed by atoms with Crippen LogP contribution >= 0.6 is 11.8 Å². The summed E-state index contributed by atoms with van der Waals surface area (Å²) in [5.41, 5.74) is 2.72. The number of benzene rings is 1. The molecule has 1 aromatic carbocycles. The van der Waals surface area contributed by atoms with Crippen molar-refractivity contribution in [2.24, 2.45) is 0 Å². The van der Waals surface area contributed by atoms with Crippen molar-refractivity contribution in [1.29, 1.82) is 0 Å². The highest BCUT2D eigenvalue weighted by Crippen LogP contribution is 2.35. The van der Waals surface area contributed by atoms with Crippen LogP contribution in [0.5, 0.6) is 0 Å². The van der Waals surface area contributed by atoms with Crippen molar-refractivity contribution in [3.63, 3.8) is 0 Å². The van der Waals surface area contributed by atoms with E-state index in [0.29, 0.717) is 23.7 Å². The molecule has 0 aliphatic rings. The van der Waals surface area contributed by atoms with Crippen LogP contribution in [0.4, 0.5) is 4.79 Å². The van der Waals surface area contributed by atoms with Crippen LogP contribution in [0.2, 0.25) is 0 Å². The van der Waals surface area contributed by atoms with Gasteiger partial charge in [-0.15, -0.1) is 0 Å². The minimum Gasteiger partial charge on any atom is -0.462 e. The molecule has 0 bridgehead atoms. The number of aromatic nitrogens is 2. The van der Waals surface area contributed by atoms with Gasteiger partial charge in [0.25, 0.3) is 0 Å². The molecule has 0 saturated carbocycles. The van der Waals surface area contributed by atoms with Crippen LogP contribution in [0.1, 0.15) is 56.1 Å². The number of rotatable bonds is 8. The summed E-state index contributed by atoms with van der Waals surface area (Å²) in [7, 11) is 0. The second kappa shape index (κ2) is 10.3.